The number of primary amides is 1. The second-order valence-electron chi connectivity index (χ2n) is 5.90. The zero-order valence-electron chi connectivity index (χ0n) is 11.6. The lowest BCUT2D eigenvalue weighted by atomic mass is 9.90. The molecule has 1 aliphatic heterocycles. The minimum absolute atomic E-state index is 0.266. The number of hydrogen-bond acceptors (Lipinski definition) is 3. The predicted molar refractivity (Wildman–Crippen MR) is 70.7 cm³/mol. The monoisotopic (exact) mass is 241 g/mol. The number of carbonyl (C=O) groups is 1. The second kappa shape index (κ2) is 5.83. The number of nitrogens with zero attached hydrogens (tertiary/aromatic N) is 1. The highest BCUT2D eigenvalue weighted by Gasteiger charge is 2.30. The van der Waals surface area contributed by atoms with Crippen molar-refractivity contribution in [2.45, 2.75) is 39.2 Å². The number of likely N-dealkylation sites (N-methyl/N-ethyl adjacent to an activating group) is 1. The Kier molecular flexibility index (Phi) is 4.95. The van der Waals surface area contributed by atoms with E-state index in [9.17, 15) is 4.79 Å². The Morgan fingerprint density at radius 2 is 1.94 bits per heavy atom. The SMILES string of the molecule is CNC(C)(CCN1CC(C)CC(C)C1)C(N)=O. The molecule has 3 unspecified atom stereocenters. The maximum absolute atomic E-state index is 11.4. The first-order chi connectivity index (χ1) is 7.87. The van der Waals surface area contributed by atoms with Crippen LogP contribution in [-0.2, 0) is 4.79 Å². The molecule has 0 radical (unpaired) electrons. The Morgan fingerprint density at radius 1 is 1.41 bits per heavy atom. The van der Waals surface area contributed by atoms with Crippen molar-refractivity contribution >= 4 is 5.91 Å². The molecule has 0 bridgehead atoms. The van der Waals surface area contributed by atoms with E-state index >= 15 is 0 Å². The summed E-state index contributed by atoms with van der Waals surface area (Å²) >= 11 is 0. The van der Waals surface area contributed by atoms with Crippen molar-refractivity contribution in [1.82, 2.24) is 10.2 Å². The van der Waals surface area contributed by atoms with Gasteiger partial charge in [0.05, 0.1) is 5.54 Å². The molecule has 1 saturated heterocycles. The maximum atomic E-state index is 11.4. The van der Waals surface area contributed by atoms with Gasteiger partial charge >= 0.3 is 0 Å². The summed E-state index contributed by atoms with van der Waals surface area (Å²) in [5.74, 6) is 1.25. The van der Waals surface area contributed by atoms with E-state index in [1.54, 1.807) is 7.05 Å². The summed E-state index contributed by atoms with van der Waals surface area (Å²) in [6.07, 6.45) is 2.09. The Hall–Kier alpha value is -0.610. The first-order valence-electron chi connectivity index (χ1n) is 6.58. The molecular formula is C13H27N3O. The van der Waals surface area contributed by atoms with Gasteiger partial charge in [0.25, 0.3) is 0 Å². The normalized spacial score (nSPS) is 29.9. The number of nitrogens with one attached hydrogen (secondary N) is 1. The Bertz CT molecular complexity index is 259. The van der Waals surface area contributed by atoms with Gasteiger partial charge in [-0.3, -0.25) is 4.79 Å². The predicted octanol–water partition coefficient (Wildman–Crippen LogP) is 0.818. The van der Waals surface area contributed by atoms with Crippen LogP contribution in [0.1, 0.15) is 33.6 Å². The number of rotatable bonds is 5. The van der Waals surface area contributed by atoms with Gasteiger partial charge in [-0.1, -0.05) is 13.8 Å². The van der Waals surface area contributed by atoms with Crippen LogP contribution < -0.4 is 11.1 Å². The molecule has 0 saturated carbocycles. The lowest BCUT2D eigenvalue weighted by Crippen LogP contribution is -2.53. The number of amides is 1. The standard InChI is InChI=1S/C13H27N3O/c1-10-7-11(2)9-16(8-10)6-5-13(3,15-4)12(14)17/h10-11,15H,5-9H2,1-4H3,(H2,14,17). The fourth-order valence-corrected chi connectivity index (χ4v) is 2.73. The Labute approximate surface area is 105 Å². The lowest BCUT2D eigenvalue weighted by Gasteiger charge is -2.37. The summed E-state index contributed by atoms with van der Waals surface area (Å²) in [6, 6.07) is 0. The summed E-state index contributed by atoms with van der Waals surface area (Å²) in [4.78, 5) is 13.9. The van der Waals surface area contributed by atoms with Crippen LogP contribution in [0.4, 0.5) is 0 Å². The van der Waals surface area contributed by atoms with Crippen LogP contribution in [0.2, 0.25) is 0 Å². The third-order valence-corrected chi connectivity index (χ3v) is 3.97. The van der Waals surface area contributed by atoms with Gasteiger partial charge in [-0.25, -0.2) is 0 Å². The average Bonchev–Trinajstić information content (AvgIpc) is 2.24. The van der Waals surface area contributed by atoms with Gasteiger partial charge in [-0.05, 0) is 38.6 Å². The van der Waals surface area contributed by atoms with Crippen molar-refractivity contribution in [3.63, 3.8) is 0 Å². The molecule has 1 amide bonds. The molecule has 17 heavy (non-hydrogen) atoms. The number of nitrogens with two attached hydrogens (primary N) is 1. The van der Waals surface area contributed by atoms with Crippen LogP contribution >= 0.6 is 0 Å². The van der Waals surface area contributed by atoms with Gasteiger partial charge < -0.3 is 16.0 Å². The van der Waals surface area contributed by atoms with Crippen molar-refractivity contribution in [1.29, 1.82) is 0 Å². The van der Waals surface area contributed by atoms with Crippen LogP contribution in [0, 0.1) is 11.8 Å². The van der Waals surface area contributed by atoms with E-state index in [4.69, 9.17) is 5.73 Å². The van der Waals surface area contributed by atoms with E-state index in [2.05, 4.69) is 24.1 Å². The molecule has 1 fully saturated rings. The van der Waals surface area contributed by atoms with Gasteiger partial charge in [-0.15, -0.1) is 0 Å². The molecule has 0 spiro atoms. The third-order valence-electron chi connectivity index (χ3n) is 3.97. The van der Waals surface area contributed by atoms with E-state index in [-0.39, 0.29) is 5.91 Å². The molecule has 4 nitrogen and oxygen atoms in total. The fraction of sp³-hybridized carbons (Fsp3) is 0.923. The number of likely N-dealkylation sites (tertiary alicyclic amines) is 1. The highest BCUT2D eigenvalue weighted by atomic mass is 16.1. The van der Waals surface area contributed by atoms with Crippen molar-refractivity contribution in [3.05, 3.63) is 0 Å². The number of hydrogen-bond donors (Lipinski definition) is 2. The summed E-state index contributed by atoms with van der Waals surface area (Å²) in [5.41, 5.74) is 4.85. The molecule has 3 N–H and O–H groups in total. The number of piperidine rings is 1. The molecule has 0 aromatic rings. The maximum Gasteiger partial charge on any atom is 0.237 e. The van der Waals surface area contributed by atoms with Crippen LogP contribution in [0.25, 0.3) is 0 Å². The molecular weight excluding hydrogens is 214 g/mol. The average molecular weight is 241 g/mol. The fourth-order valence-electron chi connectivity index (χ4n) is 2.73. The summed E-state index contributed by atoms with van der Waals surface area (Å²) < 4.78 is 0. The largest absolute Gasteiger partial charge is 0.368 e. The molecule has 1 aliphatic rings. The minimum Gasteiger partial charge on any atom is -0.368 e. The zero-order chi connectivity index (χ0) is 13.1. The van der Waals surface area contributed by atoms with E-state index in [0.717, 1.165) is 37.9 Å². The third kappa shape index (κ3) is 3.96. The van der Waals surface area contributed by atoms with Crippen molar-refractivity contribution in [2.75, 3.05) is 26.7 Å². The van der Waals surface area contributed by atoms with Crippen LogP contribution in [-0.4, -0.2) is 43.0 Å². The highest BCUT2D eigenvalue weighted by molar-refractivity contribution is 5.84. The van der Waals surface area contributed by atoms with E-state index in [1.807, 2.05) is 6.92 Å². The van der Waals surface area contributed by atoms with Gasteiger partial charge in [-0.2, -0.15) is 0 Å². The van der Waals surface area contributed by atoms with E-state index in [1.165, 1.54) is 6.42 Å². The first-order valence-corrected chi connectivity index (χ1v) is 6.58. The van der Waals surface area contributed by atoms with Crippen LogP contribution in [0.15, 0.2) is 0 Å². The van der Waals surface area contributed by atoms with Crippen molar-refractivity contribution < 1.29 is 4.79 Å². The Morgan fingerprint density at radius 3 is 2.35 bits per heavy atom. The van der Waals surface area contributed by atoms with Crippen molar-refractivity contribution in [2.24, 2.45) is 17.6 Å². The molecule has 4 heteroatoms. The molecule has 0 aromatic carbocycles. The minimum atomic E-state index is -0.579. The molecule has 0 aliphatic carbocycles. The number of carbonyl (C=O) groups excluding carboxylic acids is 1. The molecule has 3 atom stereocenters. The van der Waals surface area contributed by atoms with Gasteiger partial charge in [0.1, 0.15) is 0 Å². The van der Waals surface area contributed by atoms with Gasteiger partial charge in [0.2, 0.25) is 5.91 Å². The lowest BCUT2D eigenvalue weighted by molar-refractivity contribution is -0.124. The van der Waals surface area contributed by atoms with E-state index in [0.29, 0.717) is 0 Å². The smallest absolute Gasteiger partial charge is 0.237 e. The summed E-state index contributed by atoms with van der Waals surface area (Å²) in [7, 11) is 1.80. The first kappa shape index (κ1) is 14.5. The zero-order valence-corrected chi connectivity index (χ0v) is 11.6. The second-order valence-corrected chi connectivity index (χ2v) is 5.90. The summed E-state index contributed by atoms with van der Waals surface area (Å²) in [6.45, 7) is 9.70. The quantitative estimate of drug-likeness (QED) is 0.749. The molecule has 0 aromatic heterocycles. The molecule has 1 heterocycles. The van der Waals surface area contributed by atoms with E-state index < -0.39 is 5.54 Å². The molecule has 100 valence electrons. The van der Waals surface area contributed by atoms with Crippen LogP contribution in [0.3, 0.4) is 0 Å². The van der Waals surface area contributed by atoms with Crippen molar-refractivity contribution in [3.8, 4) is 0 Å². The van der Waals surface area contributed by atoms with Crippen LogP contribution in [0.5, 0.6) is 0 Å². The highest BCUT2D eigenvalue weighted by Crippen LogP contribution is 2.22. The molecule has 1 rings (SSSR count). The van der Waals surface area contributed by atoms with Gasteiger partial charge in [0, 0.05) is 19.6 Å². The topological polar surface area (TPSA) is 58.4 Å². The van der Waals surface area contributed by atoms with Gasteiger partial charge in [0.15, 0.2) is 0 Å². The summed E-state index contributed by atoms with van der Waals surface area (Å²) in [5, 5.41) is 3.04. The Balaban J connectivity index is 2.46.